The van der Waals surface area contributed by atoms with Crippen LogP contribution in [-0.4, -0.2) is 23.0 Å². The van der Waals surface area contributed by atoms with Gasteiger partial charge in [0.15, 0.2) is 0 Å². The molecule has 18 heavy (non-hydrogen) atoms. The zero-order chi connectivity index (χ0) is 13.3. The number of hydrogen-bond acceptors (Lipinski definition) is 5. The highest BCUT2D eigenvalue weighted by atomic mass is 16.6. The lowest BCUT2D eigenvalue weighted by molar-refractivity contribution is -0.384. The third-order valence-corrected chi connectivity index (χ3v) is 2.70. The number of nitrogens with zero attached hydrogens (tertiary/aromatic N) is 1. The van der Waals surface area contributed by atoms with Gasteiger partial charge in [0.05, 0.1) is 17.5 Å². The van der Waals surface area contributed by atoms with Crippen LogP contribution in [0.4, 0.5) is 5.69 Å². The van der Waals surface area contributed by atoms with Crippen molar-refractivity contribution in [2.45, 2.75) is 6.04 Å². The fourth-order valence-electron chi connectivity index (χ4n) is 1.76. The molecule has 0 spiro atoms. The first-order valence-electron chi connectivity index (χ1n) is 5.13. The number of methoxy groups -OCH3 is 1. The minimum atomic E-state index is -0.912. The van der Waals surface area contributed by atoms with Gasteiger partial charge >= 0.3 is 5.97 Å². The van der Waals surface area contributed by atoms with Gasteiger partial charge in [0.1, 0.15) is 6.04 Å². The van der Waals surface area contributed by atoms with Crippen LogP contribution in [0.15, 0.2) is 24.4 Å². The first kappa shape index (κ1) is 12.1. The van der Waals surface area contributed by atoms with E-state index in [1.807, 2.05) is 0 Å². The number of nitro benzene ring substituents is 1. The fourth-order valence-corrected chi connectivity index (χ4v) is 1.76. The van der Waals surface area contributed by atoms with Crippen LogP contribution in [0.3, 0.4) is 0 Å². The lowest BCUT2D eigenvalue weighted by Crippen LogP contribution is -2.22. The number of aromatic nitrogens is 1. The molecule has 1 unspecified atom stereocenters. The van der Waals surface area contributed by atoms with Crippen LogP contribution in [0.5, 0.6) is 0 Å². The summed E-state index contributed by atoms with van der Waals surface area (Å²) in [7, 11) is 1.25. The molecular formula is C11H11N3O4. The Hall–Kier alpha value is -2.41. The molecule has 0 aliphatic heterocycles. The number of non-ortho nitro benzene ring substituents is 1. The highest BCUT2D eigenvalue weighted by Gasteiger charge is 2.20. The minimum Gasteiger partial charge on any atom is -0.468 e. The molecule has 94 valence electrons. The summed E-state index contributed by atoms with van der Waals surface area (Å²) in [5.74, 6) is -0.561. The maximum Gasteiger partial charge on any atom is 0.327 e. The molecule has 1 aromatic heterocycles. The van der Waals surface area contributed by atoms with Crippen LogP contribution < -0.4 is 5.73 Å². The van der Waals surface area contributed by atoms with Crippen molar-refractivity contribution < 1.29 is 14.5 Å². The number of aromatic amines is 1. The molecule has 0 fully saturated rings. The predicted molar refractivity (Wildman–Crippen MR) is 63.9 cm³/mol. The standard InChI is InChI=1S/C11H11N3O4/c1-18-11(15)10(12)8-5-13-9-4-6(14(16)17)2-3-7(8)9/h2-5,10,13H,12H2,1H3. The summed E-state index contributed by atoms with van der Waals surface area (Å²) in [5.41, 5.74) is 6.81. The third-order valence-electron chi connectivity index (χ3n) is 2.70. The number of rotatable bonds is 3. The van der Waals surface area contributed by atoms with Gasteiger partial charge in [-0.15, -0.1) is 0 Å². The van der Waals surface area contributed by atoms with Crippen molar-refractivity contribution in [2.75, 3.05) is 7.11 Å². The zero-order valence-electron chi connectivity index (χ0n) is 9.54. The Balaban J connectivity index is 2.49. The van der Waals surface area contributed by atoms with E-state index in [0.29, 0.717) is 16.5 Å². The largest absolute Gasteiger partial charge is 0.468 e. The maximum atomic E-state index is 11.4. The van der Waals surface area contributed by atoms with Crippen molar-refractivity contribution in [2.24, 2.45) is 5.73 Å². The first-order chi connectivity index (χ1) is 8.54. The van der Waals surface area contributed by atoms with Crippen LogP contribution in [0, 0.1) is 10.1 Å². The first-order valence-corrected chi connectivity index (χ1v) is 5.13. The minimum absolute atomic E-state index is 0.0254. The Bertz CT molecular complexity index is 620. The van der Waals surface area contributed by atoms with Crippen molar-refractivity contribution in [3.05, 3.63) is 40.1 Å². The predicted octanol–water partition coefficient (Wildman–Crippen LogP) is 1.25. The van der Waals surface area contributed by atoms with Gasteiger partial charge in [-0.3, -0.25) is 14.9 Å². The lowest BCUT2D eigenvalue weighted by Gasteiger charge is -2.07. The molecule has 1 heterocycles. The number of nitro groups is 1. The van der Waals surface area contributed by atoms with Crippen molar-refractivity contribution in [1.82, 2.24) is 4.98 Å². The molecule has 1 aromatic carbocycles. The number of hydrogen-bond donors (Lipinski definition) is 2. The number of H-pyrrole nitrogens is 1. The summed E-state index contributed by atoms with van der Waals surface area (Å²) in [6.07, 6.45) is 1.55. The Kier molecular flexibility index (Phi) is 2.99. The molecule has 0 bridgehead atoms. The lowest BCUT2D eigenvalue weighted by atomic mass is 10.1. The van der Waals surface area contributed by atoms with E-state index in [1.54, 1.807) is 12.3 Å². The van der Waals surface area contributed by atoms with Crippen molar-refractivity contribution in [1.29, 1.82) is 0 Å². The Morgan fingerprint density at radius 1 is 1.56 bits per heavy atom. The topological polar surface area (TPSA) is 111 Å². The molecule has 2 rings (SSSR count). The summed E-state index contributed by atoms with van der Waals surface area (Å²) in [6, 6.07) is 3.40. The highest BCUT2D eigenvalue weighted by Crippen LogP contribution is 2.26. The number of carbonyl (C=O) groups is 1. The summed E-state index contributed by atoms with van der Waals surface area (Å²) in [5, 5.41) is 11.3. The molecule has 2 aromatic rings. The van der Waals surface area contributed by atoms with Crippen LogP contribution >= 0.6 is 0 Å². The van der Waals surface area contributed by atoms with Gasteiger partial charge in [0.2, 0.25) is 0 Å². The highest BCUT2D eigenvalue weighted by molar-refractivity contribution is 5.90. The summed E-state index contributed by atoms with van der Waals surface area (Å²) < 4.78 is 4.56. The third kappa shape index (κ3) is 1.91. The number of ether oxygens (including phenoxy) is 1. The van der Waals surface area contributed by atoms with Gasteiger partial charge in [-0.25, -0.2) is 0 Å². The van der Waals surface area contributed by atoms with Gasteiger partial charge in [-0.05, 0) is 6.07 Å². The zero-order valence-corrected chi connectivity index (χ0v) is 9.54. The van der Waals surface area contributed by atoms with E-state index >= 15 is 0 Å². The number of nitrogens with one attached hydrogen (secondary N) is 1. The van der Waals surface area contributed by atoms with Gasteiger partial charge in [0, 0.05) is 29.3 Å². The van der Waals surface area contributed by atoms with Gasteiger partial charge < -0.3 is 15.5 Å². The second-order valence-corrected chi connectivity index (χ2v) is 3.73. The summed E-state index contributed by atoms with van der Waals surface area (Å²) in [4.78, 5) is 24.4. The molecule has 0 radical (unpaired) electrons. The summed E-state index contributed by atoms with van der Waals surface area (Å²) in [6.45, 7) is 0. The number of fused-ring (bicyclic) bond motifs is 1. The molecule has 0 saturated carbocycles. The van der Waals surface area contributed by atoms with Crippen molar-refractivity contribution in [3.63, 3.8) is 0 Å². The number of esters is 1. The van der Waals surface area contributed by atoms with E-state index in [1.165, 1.54) is 19.2 Å². The van der Waals surface area contributed by atoms with Crippen LogP contribution in [0.2, 0.25) is 0 Å². The molecule has 1 atom stereocenters. The number of carbonyl (C=O) groups excluding carboxylic acids is 1. The van der Waals surface area contributed by atoms with Crippen LogP contribution in [0.1, 0.15) is 11.6 Å². The molecule has 7 nitrogen and oxygen atoms in total. The molecule has 0 aliphatic carbocycles. The van der Waals surface area contributed by atoms with Gasteiger partial charge in [-0.1, -0.05) is 0 Å². The quantitative estimate of drug-likeness (QED) is 0.483. The van der Waals surface area contributed by atoms with Crippen molar-refractivity contribution >= 4 is 22.6 Å². The van der Waals surface area contributed by atoms with E-state index < -0.39 is 16.9 Å². The van der Waals surface area contributed by atoms with Gasteiger partial charge in [-0.2, -0.15) is 0 Å². The van der Waals surface area contributed by atoms with E-state index in [4.69, 9.17) is 5.73 Å². The monoisotopic (exact) mass is 249 g/mol. The summed E-state index contributed by atoms with van der Waals surface area (Å²) >= 11 is 0. The van der Waals surface area contributed by atoms with E-state index in [9.17, 15) is 14.9 Å². The normalized spacial score (nSPS) is 12.3. The average molecular weight is 249 g/mol. The molecular weight excluding hydrogens is 238 g/mol. The van der Waals surface area contributed by atoms with E-state index in [2.05, 4.69) is 9.72 Å². The Labute approximate surface area is 102 Å². The molecule has 3 N–H and O–H groups in total. The SMILES string of the molecule is COC(=O)C(N)c1c[nH]c2cc([N+](=O)[O-])ccc12. The Morgan fingerprint density at radius 3 is 2.89 bits per heavy atom. The van der Waals surface area contributed by atoms with Crippen molar-refractivity contribution in [3.8, 4) is 0 Å². The van der Waals surface area contributed by atoms with E-state index in [0.717, 1.165) is 0 Å². The molecule has 0 saturated heterocycles. The second-order valence-electron chi connectivity index (χ2n) is 3.73. The average Bonchev–Trinajstić information content (AvgIpc) is 2.79. The number of nitrogens with two attached hydrogens (primary N) is 1. The van der Waals surface area contributed by atoms with E-state index in [-0.39, 0.29) is 5.69 Å². The second kappa shape index (κ2) is 4.46. The molecule has 0 amide bonds. The Morgan fingerprint density at radius 2 is 2.28 bits per heavy atom. The molecule has 7 heteroatoms. The van der Waals surface area contributed by atoms with Crippen LogP contribution in [0.25, 0.3) is 10.9 Å². The maximum absolute atomic E-state index is 11.4. The smallest absolute Gasteiger partial charge is 0.327 e. The fraction of sp³-hybridized carbons (Fsp3) is 0.182. The van der Waals surface area contributed by atoms with Crippen LogP contribution in [-0.2, 0) is 9.53 Å². The number of benzene rings is 1. The molecule has 0 aliphatic rings. The van der Waals surface area contributed by atoms with Gasteiger partial charge in [0.25, 0.3) is 5.69 Å².